The Morgan fingerprint density at radius 2 is 2.00 bits per heavy atom. The van der Waals surface area contributed by atoms with Crippen LogP contribution in [0.25, 0.3) is 10.8 Å². The minimum atomic E-state index is -0.113. The molecule has 1 fully saturated rings. The van der Waals surface area contributed by atoms with Crippen molar-refractivity contribution in [3.8, 4) is 0 Å². The highest BCUT2D eigenvalue weighted by Crippen LogP contribution is 2.32. The Balaban J connectivity index is 1.64. The van der Waals surface area contributed by atoms with Crippen LogP contribution in [-0.4, -0.2) is 27.4 Å². The van der Waals surface area contributed by atoms with Gasteiger partial charge in [-0.3, -0.25) is 9.69 Å². The number of thioether (sulfide) groups is 1. The highest BCUT2D eigenvalue weighted by molar-refractivity contribution is 8.15. The second-order valence-corrected chi connectivity index (χ2v) is 7.39. The molecule has 1 unspecified atom stereocenters. The predicted octanol–water partition coefficient (Wildman–Crippen LogP) is 4.68. The average Bonchev–Trinajstić information content (AvgIpc) is 3.31. The van der Waals surface area contributed by atoms with Crippen LogP contribution in [-0.2, 0) is 11.3 Å². The van der Waals surface area contributed by atoms with E-state index in [-0.39, 0.29) is 11.2 Å². The Kier molecular flexibility index (Phi) is 5.07. The van der Waals surface area contributed by atoms with Crippen molar-refractivity contribution in [1.29, 1.82) is 0 Å². The Morgan fingerprint density at radius 3 is 2.81 bits per heavy atom. The van der Waals surface area contributed by atoms with E-state index >= 15 is 0 Å². The van der Waals surface area contributed by atoms with Gasteiger partial charge in [0.1, 0.15) is 5.76 Å². The van der Waals surface area contributed by atoms with E-state index in [0.29, 0.717) is 17.5 Å². The van der Waals surface area contributed by atoms with Gasteiger partial charge in [-0.2, -0.15) is 5.10 Å². The summed E-state index contributed by atoms with van der Waals surface area (Å²) in [6.07, 6.45) is 3.89. The number of nitrogens with zero attached hydrogens (tertiary/aromatic N) is 3. The van der Waals surface area contributed by atoms with Crippen LogP contribution in [0.15, 0.2) is 75.5 Å². The summed E-state index contributed by atoms with van der Waals surface area (Å²) in [6, 6.07) is 18.0. The van der Waals surface area contributed by atoms with Crippen molar-refractivity contribution in [1.82, 2.24) is 4.90 Å². The van der Waals surface area contributed by atoms with Crippen molar-refractivity contribution in [2.75, 3.05) is 0 Å². The second-order valence-electron chi connectivity index (χ2n) is 6.22. The molecular formula is C21H19N3O2S. The molecule has 136 valence electrons. The Bertz CT molecular complexity index is 1010. The Hall–Kier alpha value is -2.86. The number of furan rings is 1. The summed E-state index contributed by atoms with van der Waals surface area (Å²) in [5.74, 6) is 0.712. The van der Waals surface area contributed by atoms with Crippen molar-refractivity contribution >= 4 is 39.8 Å². The molecule has 1 atom stereocenters. The van der Waals surface area contributed by atoms with Crippen LogP contribution in [0, 0.1) is 0 Å². The molecule has 2 aromatic carbocycles. The van der Waals surface area contributed by atoms with Crippen molar-refractivity contribution in [3.63, 3.8) is 0 Å². The van der Waals surface area contributed by atoms with Gasteiger partial charge in [-0.1, -0.05) is 61.2 Å². The van der Waals surface area contributed by atoms with Crippen molar-refractivity contribution in [2.45, 2.75) is 25.1 Å². The predicted molar refractivity (Wildman–Crippen MR) is 110 cm³/mol. The molecule has 6 heteroatoms. The number of amidine groups is 1. The zero-order valence-corrected chi connectivity index (χ0v) is 15.7. The molecule has 2 heterocycles. The lowest BCUT2D eigenvalue weighted by Crippen LogP contribution is -2.31. The molecule has 1 aliphatic rings. The highest BCUT2D eigenvalue weighted by Gasteiger charge is 2.37. The minimum Gasteiger partial charge on any atom is -0.463 e. The first kappa shape index (κ1) is 17.5. The van der Waals surface area contributed by atoms with Gasteiger partial charge in [0.25, 0.3) is 0 Å². The molecule has 0 bridgehead atoms. The third kappa shape index (κ3) is 3.66. The minimum absolute atomic E-state index is 0.0855. The smallest absolute Gasteiger partial charge is 0.242 e. The van der Waals surface area contributed by atoms with Gasteiger partial charge in [0.05, 0.1) is 24.3 Å². The summed E-state index contributed by atoms with van der Waals surface area (Å²) in [7, 11) is 0. The van der Waals surface area contributed by atoms with Crippen LogP contribution in [0.1, 0.15) is 24.7 Å². The van der Waals surface area contributed by atoms with E-state index in [0.717, 1.165) is 22.8 Å². The maximum absolute atomic E-state index is 12.8. The summed E-state index contributed by atoms with van der Waals surface area (Å²) in [4.78, 5) is 14.6. The number of carbonyl (C=O) groups is 1. The Morgan fingerprint density at radius 1 is 1.15 bits per heavy atom. The van der Waals surface area contributed by atoms with E-state index in [1.165, 1.54) is 11.8 Å². The van der Waals surface area contributed by atoms with E-state index < -0.39 is 0 Å². The molecule has 1 amide bonds. The SMILES string of the molecule is CCC1S/C(=N\N=C\c2ccco2)N(Cc2cccc3ccccc23)C1=O. The van der Waals surface area contributed by atoms with Gasteiger partial charge in [0, 0.05) is 0 Å². The Labute approximate surface area is 161 Å². The molecule has 4 rings (SSSR count). The first-order chi connectivity index (χ1) is 13.3. The summed E-state index contributed by atoms with van der Waals surface area (Å²) in [5, 5.41) is 11.2. The molecule has 0 saturated carbocycles. The van der Waals surface area contributed by atoms with Gasteiger partial charge < -0.3 is 4.42 Å². The molecule has 3 aromatic rings. The van der Waals surface area contributed by atoms with E-state index in [4.69, 9.17) is 4.42 Å². The first-order valence-corrected chi connectivity index (χ1v) is 9.73. The quantitative estimate of drug-likeness (QED) is 0.479. The molecule has 1 aliphatic heterocycles. The lowest BCUT2D eigenvalue weighted by molar-refractivity contribution is -0.126. The van der Waals surface area contributed by atoms with Gasteiger partial charge in [0.2, 0.25) is 5.91 Å². The van der Waals surface area contributed by atoms with Gasteiger partial charge >= 0.3 is 0 Å². The number of hydrogen-bond donors (Lipinski definition) is 0. The number of hydrogen-bond acceptors (Lipinski definition) is 5. The van der Waals surface area contributed by atoms with E-state index in [1.54, 1.807) is 29.5 Å². The van der Waals surface area contributed by atoms with Crippen molar-refractivity contribution in [3.05, 3.63) is 72.2 Å². The van der Waals surface area contributed by atoms with E-state index in [1.807, 2.05) is 25.1 Å². The van der Waals surface area contributed by atoms with Crippen LogP contribution >= 0.6 is 11.8 Å². The van der Waals surface area contributed by atoms with Crippen LogP contribution in [0.5, 0.6) is 0 Å². The fraction of sp³-hybridized carbons (Fsp3) is 0.190. The summed E-state index contributed by atoms with van der Waals surface area (Å²) < 4.78 is 5.23. The molecule has 1 saturated heterocycles. The van der Waals surface area contributed by atoms with Crippen LogP contribution in [0.4, 0.5) is 0 Å². The molecule has 0 N–H and O–H groups in total. The topological polar surface area (TPSA) is 58.2 Å². The number of benzene rings is 2. The van der Waals surface area contributed by atoms with Gasteiger partial charge in [-0.05, 0) is 34.9 Å². The standard InChI is InChI=1S/C21H19N3O2S/c1-2-19-20(25)24(21(27-19)23-22-13-17-10-6-12-26-17)14-16-9-5-8-15-7-3-4-11-18(15)16/h3-13,19H,2,14H2,1H3/b22-13+,23-21-. The number of fused-ring (bicyclic) bond motifs is 1. The van der Waals surface area contributed by atoms with Crippen LogP contribution < -0.4 is 0 Å². The number of carbonyl (C=O) groups excluding carboxylic acids is 1. The lowest BCUT2D eigenvalue weighted by atomic mass is 10.0. The molecule has 0 radical (unpaired) electrons. The monoisotopic (exact) mass is 377 g/mol. The lowest BCUT2D eigenvalue weighted by Gasteiger charge is -2.17. The normalized spacial score (nSPS) is 19.0. The van der Waals surface area contributed by atoms with E-state index in [2.05, 4.69) is 34.5 Å². The fourth-order valence-electron chi connectivity index (χ4n) is 3.09. The van der Waals surface area contributed by atoms with Crippen molar-refractivity contribution in [2.24, 2.45) is 10.2 Å². The number of amides is 1. The highest BCUT2D eigenvalue weighted by atomic mass is 32.2. The fourth-order valence-corrected chi connectivity index (χ4v) is 4.12. The van der Waals surface area contributed by atoms with Gasteiger partial charge in [0.15, 0.2) is 5.17 Å². The zero-order chi connectivity index (χ0) is 18.6. The third-order valence-corrected chi connectivity index (χ3v) is 5.80. The molecule has 0 spiro atoms. The first-order valence-electron chi connectivity index (χ1n) is 8.85. The second kappa shape index (κ2) is 7.80. The summed E-state index contributed by atoms with van der Waals surface area (Å²) >= 11 is 1.47. The van der Waals surface area contributed by atoms with Crippen LogP contribution in [0.2, 0.25) is 0 Å². The number of rotatable bonds is 5. The summed E-state index contributed by atoms with van der Waals surface area (Å²) in [5.41, 5.74) is 1.10. The summed E-state index contributed by atoms with van der Waals surface area (Å²) in [6.45, 7) is 2.50. The maximum atomic E-state index is 12.8. The van der Waals surface area contributed by atoms with Crippen LogP contribution in [0.3, 0.4) is 0 Å². The molecule has 0 aliphatic carbocycles. The van der Waals surface area contributed by atoms with E-state index in [9.17, 15) is 4.79 Å². The van der Waals surface area contributed by atoms with Gasteiger partial charge in [-0.15, -0.1) is 5.10 Å². The molecule has 27 heavy (non-hydrogen) atoms. The van der Waals surface area contributed by atoms with Gasteiger partial charge in [-0.25, -0.2) is 0 Å². The third-order valence-electron chi connectivity index (χ3n) is 4.47. The zero-order valence-electron chi connectivity index (χ0n) is 14.9. The molecule has 1 aromatic heterocycles. The average molecular weight is 377 g/mol. The van der Waals surface area contributed by atoms with Crippen molar-refractivity contribution < 1.29 is 9.21 Å². The largest absolute Gasteiger partial charge is 0.463 e. The maximum Gasteiger partial charge on any atom is 0.242 e. The molecular weight excluding hydrogens is 358 g/mol. The molecule has 5 nitrogen and oxygen atoms in total.